The summed E-state index contributed by atoms with van der Waals surface area (Å²) < 4.78 is 7.44. The number of hydrogen-bond donors (Lipinski definition) is 1. The Morgan fingerprint density at radius 3 is 2.68 bits per heavy atom. The van der Waals surface area contributed by atoms with Crippen molar-refractivity contribution in [3.63, 3.8) is 0 Å². The molecule has 0 saturated carbocycles. The number of esters is 1. The van der Waals surface area contributed by atoms with E-state index in [2.05, 4.69) is 40.0 Å². The van der Waals surface area contributed by atoms with Crippen LogP contribution in [0.15, 0.2) is 40.9 Å². The molecule has 38 heavy (non-hydrogen) atoms. The summed E-state index contributed by atoms with van der Waals surface area (Å²) in [5, 5.41) is 15.2. The van der Waals surface area contributed by atoms with Crippen LogP contribution in [-0.4, -0.2) is 38.5 Å². The quantitative estimate of drug-likeness (QED) is 0.187. The first-order chi connectivity index (χ1) is 18.3. The van der Waals surface area contributed by atoms with Crippen molar-refractivity contribution in [1.29, 1.82) is 0 Å². The molecule has 1 N–H and O–H groups in total. The minimum absolute atomic E-state index is 0.154. The topological polar surface area (TPSA) is 86.1 Å². The Morgan fingerprint density at radius 2 is 1.92 bits per heavy atom. The third-order valence-corrected chi connectivity index (χ3v) is 9.56. The molecule has 3 heterocycles. The minimum atomic E-state index is -0.361. The van der Waals surface area contributed by atoms with E-state index < -0.39 is 0 Å². The van der Waals surface area contributed by atoms with E-state index >= 15 is 0 Å². The number of nitrogens with one attached hydrogen (secondary N) is 1. The summed E-state index contributed by atoms with van der Waals surface area (Å²) in [5.74, 6) is 0.371. The number of aromatic nitrogens is 3. The van der Waals surface area contributed by atoms with Gasteiger partial charge in [0.2, 0.25) is 5.91 Å². The Kier molecular flexibility index (Phi) is 8.01. The first-order valence-electron chi connectivity index (χ1n) is 12.6. The summed E-state index contributed by atoms with van der Waals surface area (Å²) in [7, 11) is 1.92. The van der Waals surface area contributed by atoms with Crippen LogP contribution in [0.5, 0.6) is 0 Å². The molecule has 10 heteroatoms. The highest BCUT2D eigenvalue weighted by Crippen LogP contribution is 2.40. The van der Waals surface area contributed by atoms with Crippen molar-refractivity contribution in [2.24, 2.45) is 7.05 Å². The molecule has 0 radical (unpaired) electrons. The molecule has 7 nitrogen and oxygen atoms in total. The number of carbonyl (C=O) groups is 2. The highest BCUT2D eigenvalue weighted by atomic mass is 32.2. The van der Waals surface area contributed by atoms with Gasteiger partial charge >= 0.3 is 5.97 Å². The highest BCUT2D eigenvalue weighted by Gasteiger charge is 2.28. The van der Waals surface area contributed by atoms with Crippen molar-refractivity contribution in [3.8, 4) is 22.5 Å². The summed E-state index contributed by atoms with van der Waals surface area (Å²) in [4.78, 5) is 28.3. The average molecular weight is 567 g/mol. The lowest BCUT2D eigenvalue weighted by Crippen LogP contribution is -2.19. The molecule has 1 amide bonds. The van der Waals surface area contributed by atoms with Gasteiger partial charge in [0, 0.05) is 33.3 Å². The number of aryl methyl sites for hydroxylation is 2. The lowest BCUT2D eigenvalue weighted by atomic mass is 9.95. The van der Waals surface area contributed by atoms with Crippen LogP contribution >= 0.6 is 34.4 Å². The third kappa shape index (κ3) is 5.43. The van der Waals surface area contributed by atoms with Gasteiger partial charge in [-0.05, 0) is 57.6 Å². The smallest absolute Gasteiger partial charge is 0.341 e. The number of carbonyl (C=O) groups excluding carboxylic acids is 2. The van der Waals surface area contributed by atoms with Crippen LogP contribution in [0.2, 0.25) is 0 Å². The Balaban J connectivity index is 1.32. The molecule has 0 spiro atoms. The number of thiophene rings is 2. The molecule has 1 aliphatic carbocycles. The maximum Gasteiger partial charge on any atom is 0.341 e. The standard InChI is InChI=1S/C28H30N4O3S3/c1-16(2)35-27(34)24-19-12-8-9-13-21(19)38-26(24)29-22(33)15-37-28-31-30-25(32(28)4)20-14-36-17(3)23(20)18-10-6-5-7-11-18/h5-7,10-11,14,16H,8-9,12-13,15H2,1-4H3,(H,29,33). The third-order valence-electron chi connectivity index (χ3n) is 6.42. The molecule has 198 valence electrons. The van der Waals surface area contributed by atoms with Gasteiger partial charge < -0.3 is 14.6 Å². The van der Waals surface area contributed by atoms with Crippen molar-refractivity contribution in [2.45, 2.75) is 57.7 Å². The predicted octanol–water partition coefficient (Wildman–Crippen LogP) is 6.76. The van der Waals surface area contributed by atoms with Crippen LogP contribution in [0, 0.1) is 6.92 Å². The van der Waals surface area contributed by atoms with Crippen molar-refractivity contribution in [1.82, 2.24) is 14.8 Å². The number of ether oxygens (including phenoxy) is 1. The minimum Gasteiger partial charge on any atom is -0.459 e. The van der Waals surface area contributed by atoms with E-state index in [-0.39, 0.29) is 23.7 Å². The first-order valence-corrected chi connectivity index (χ1v) is 15.3. The number of amides is 1. The fraction of sp³-hybridized carbons (Fsp3) is 0.357. The molecular weight excluding hydrogens is 537 g/mol. The van der Waals surface area contributed by atoms with Gasteiger partial charge in [0.25, 0.3) is 0 Å². The van der Waals surface area contributed by atoms with E-state index in [0.717, 1.165) is 53.8 Å². The molecule has 0 atom stereocenters. The predicted molar refractivity (Wildman–Crippen MR) is 155 cm³/mol. The van der Waals surface area contributed by atoms with Crippen molar-refractivity contribution in [2.75, 3.05) is 11.1 Å². The largest absolute Gasteiger partial charge is 0.459 e. The summed E-state index contributed by atoms with van der Waals surface area (Å²) in [5.41, 5.74) is 4.89. The molecule has 0 bridgehead atoms. The van der Waals surface area contributed by atoms with E-state index in [4.69, 9.17) is 4.74 Å². The molecule has 1 aromatic carbocycles. The van der Waals surface area contributed by atoms with Crippen LogP contribution < -0.4 is 5.32 Å². The second-order valence-electron chi connectivity index (χ2n) is 9.52. The lowest BCUT2D eigenvalue weighted by Gasteiger charge is -2.14. The zero-order valence-electron chi connectivity index (χ0n) is 21.9. The molecule has 1 aliphatic rings. The number of fused-ring (bicyclic) bond motifs is 1. The van der Waals surface area contributed by atoms with Gasteiger partial charge in [-0.25, -0.2) is 4.79 Å². The van der Waals surface area contributed by atoms with Gasteiger partial charge in [-0.1, -0.05) is 42.1 Å². The van der Waals surface area contributed by atoms with Gasteiger partial charge in [0.1, 0.15) is 5.00 Å². The van der Waals surface area contributed by atoms with Crippen LogP contribution in [0.3, 0.4) is 0 Å². The Hall–Kier alpha value is -2.95. The van der Waals surface area contributed by atoms with Crippen molar-refractivity contribution >= 4 is 51.3 Å². The molecular formula is C28H30N4O3S3. The monoisotopic (exact) mass is 566 g/mol. The SMILES string of the molecule is Cc1scc(-c2nnc(SCC(=O)Nc3sc4c(c3C(=O)OC(C)C)CCCC4)n2C)c1-c1ccccc1. The second-order valence-corrected chi connectivity index (χ2v) is 12.6. The van der Waals surface area contributed by atoms with Crippen LogP contribution in [0.25, 0.3) is 22.5 Å². The zero-order chi connectivity index (χ0) is 26.8. The molecule has 5 rings (SSSR count). The van der Waals surface area contributed by atoms with Gasteiger partial charge in [0.15, 0.2) is 11.0 Å². The maximum atomic E-state index is 13.0. The van der Waals surface area contributed by atoms with Gasteiger partial charge in [-0.2, -0.15) is 0 Å². The molecule has 0 saturated heterocycles. The van der Waals surface area contributed by atoms with Gasteiger partial charge in [-0.15, -0.1) is 32.9 Å². The van der Waals surface area contributed by atoms with E-state index in [0.29, 0.717) is 15.7 Å². The van der Waals surface area contributed by atoms with Crippen molar-refractivity contribution < 1.29 is 14.3 Å². The number of nitrogens with zero attached hydrogens (tertiary/aromatic N) is 3. The van der Waals surface area contributed by atoms with Crippen LogP contribution in [-0.2, 0) is 29.4 Å². The zero-order valence-corrected chi connectivity index (χ0v) is 24.3. The Morgan fingerprint density at radius 1 is 1.16 bits per heavy atom. The fourth-order valence-electron chi connectivity index (χ4n) is 4.69. The van der Waals surface area contributed by atoms with Crippen LogP contribution in [0.1, 0.15) is 52.4 Å². The number of hydrogen-bond acceptors (Lipinski definition) is 8. The average Bonchev–Trinajstić information content (AvgIpc) is 3.56. The lowest BCUT2D eigenvalue weighted by molar-refractivity contribution is -0.113. The van der Waals surface area contributed by atoms with Crippen LogP contribution in [0.4, 0.5) is 5.00 Å². The molecule has 4 aromatic rings. The normalized spacial score (nSPS) is 13.0. The summed E-state index contributed by atoms with van der Waals surface area (Å²) in [6.07, 6.45) is 3.69. The summed E-state index contributed by atoms with van der Waals surface area (Å²) in [6.45, 7) is 5.78. The van der Waals surface area contributed by atoms with Gasteiger partial charge in [0.05, 0.1) is 17.4 Å². The summed E-state index contributed by atoms with van der Waals surface area (Å²) >= 11 is 4.51. The molecule has 0 unspecified atom stereocenters. The molecule has 0 aliphatic heterocycles. The fourth-order valence-corrected chi connectivity index (χ4v) is 7.56. The second kappa shape index (κ2) is 11.4. The number of anilines is 1. The van der Waals surface area contributed by atoms with Gasteiger partial charge in [-0.3, -0.25) is 4.79 Å². The van der Waals surface area contributed by atoms with E-state index in [1.54, 1.807) is 11.3 Å². The Labute approximate surface area is 234 Å². The number of thioether (sulfide) groups is 1. The number of benzene rings is 1. The number of rotatable bonds is 8. The van der Waals surface area contributed by atoms with E-state index in [1.165, 1.54) is 32.9 Å². The summed E-state index contributed by atoms with van der Waals surface area (Å²) in [6, 6.07) is 10.3. The van der Waals surface area contributed by atoms with E-state index in [1.807, 2.05) is 43.7 Å². The van der Waals surface area contributed by atoms with E-state index in [9.17, 15) is 9.59 Å². The molecule has 0 fully saturated rings. The highest BCUT2D eigenvalue weighted by molar-refractivity contribution is 7.99. The first kappa shape index (κ1) is 26.6. The molecule has 3 aromatic heterocycles. The van der Waals surface area contributed by atoms with Crippen molar-refractivity contribution in [3.05, 3.63) is 56.6 Å². The maximum absolute atomic E-state index is 13.0. The Bertz CT molecular complexity index is 1470.